The number of fused-ring (bicyclic) bond motifs is 2. The van der Waals surface area contributed by atoms with Crippen molar-refractivity contribution in [1.82, 2.24) is 9.47 Å². The molecule has 0 aliphatic carbocycles. The van der Waals surface area contributed by atoms with Crippen molar-refractivity contribution < 1.29 is 19.1 Å². The number of pyridine rings is 1. The summed E-state index contributed by atoms with van der Waals surface area (Å²) in [6.07, 6.45) is 1.44. The Balaban J connectivity index is 2.33. The molecule has 25 heavy (non-hydrogen) atoms. The summed E-state index contributed by atoms with van der Waals surface area (Å²) in [5, 5.41) is 0.227. The van der Waals surface area contributed by atoms with E-state index >= 15 is 0 Å². The monoisotopic (exact) mass is 342 g/mol. The van der Waals surface area contributed by atoms with Crippen LogP contribution < -0.4 is 5.43 Å². The van der Waals surface area contributed by atoms with E-state index in [9.17, 15) is 19.2 Å². The van der Waals surface area contributed by atoms with Crippen LogP contribution in [0.3, 0.4) is 0 Å². The summed E-state index contributed by atoms with van der Waals surface area (Å²) in [4.78, 5) is 50.7. The maximum absolute atomic E-state index is 12.7. The lowest BCUT2D eigenvalue weighted by Crippen LogP contribution is -2.29. The van der Waals surface area contributed by atoms with Gasteiger partial charge in [-0.05, 0) is 32.9 Å². The van der Waals surface area contributed by atoms with Crippen LogP contribution in [0.2, 0.25) is 0 Å². The number of nitrogens with zero attached hydrogens (tertiary/aromatic N) is 2. The minimum absolute atomic E-state index is 0.0831. The van der Waals surface area contributed by atoms with Crippen LogP contribution in [0.4, 0.5) is 0 Å². The molecule has 2 heterocycles. The van der Waals surface area contributed by atoms with Gasteiger partial charge in [0.25, 0.3) is 11.8 Å². The first-order valence-electron chi connectivity index (χ1n) is 8.19. The molecule has 7 heteroatoms. The van der Waals surface area contributed by atoms with Gasteiger partial charge in [0.2, 0.25) is 5.43 Å². The molecule has 1 aromatic heterocycles. The predicted molar refractivity (Wildman–Crippen MR) is 90.9 cm³/mol. The summed E-state index contributed by atoms with van der Waals surface area (Å²) in [5.41, 5.74) is 0.403. The van der Waals surface area contributed by atoms with E-state index in [4.69, 9.17) is 4.74 Å². The number of carbonyl (C=O) groups excluding carboxylic acids is 3. The van der Waals surface area contributed by atoms with E-state index in [1.165, 1.54) is 12.3 Å². The van der Waals surface area contributed by atoms with E-state index in [1.54, 1.807) is 24.5 Å². The normalized spacial score (nSPS) is 13.5. The highest BCUT2D eigenvalue weighted by molar-refractivity contribution is 6.23. The van der Waals surface area contributed by atoms with Crippen LogP contribution in [0.15, 0.2) is 23.1 Å². The third kappa shape index (κ3) is 2.43. The number of ether oxygens (including phenoxy) is 1. The first-order valence-corrected chi connectivity index (χ1v) is 8.19. The van der Waals surface area contributed by atoms with Gasteiger partial charge in [0.05, 0.1) is 23.3 Å². The number of aryl methyl sites for hydroxylation is 1. The zero-order chi connectivity index (χ0) is 18.3. The molecular weight excluding hydrogens is 324 g/mol. The molecule has 0 saturated carbocycles. The van der Waals surface area contributed by atoms with Crippen molar-refractivity contribution in [1.29, 1.82) is 0 Å². The Morgan fingerprint density at radius 1 is 1.00 bits per heavy atom. The van der Waals surface area contributed by atoms with E-state index in [1.807, 2.05) is 6.92 Å². The van der Waals surface area contributed by atoms with Gasteiger partial charge in [0.15, 0.2) is 0 Å². The standard InChI is InChI=1S/C18H18N2O5/c1-4-19-9-13(18(24)25-6-3)15(21)12-7-10-11(8-14(12)19)17(23)20(5-2)16(10)22/h7-9H,4-6H2,1-3H3. The molecule has 7 nitrogen and oxygen atoms in total. The molecule has 0 bridgehead atoms. The summed E-state index contributed by atoms with van der Waals surface area (Å²) in [6.45, 7) is 6.14. The van der Waals surface area contributed by atoms with Gasteiger partial charge >= 0.3 is 5.97 Å². The second-order valence-corrected chi connectivity index (χ2v) is 5.65. The van der Waals surface area contributed by atoms with Gasteiger partial charge in [-0.1, -0.05) is 0 Å². The van der Waals surface area contributed by atoms with Gasteiger partial charge < -0.3 is 9.30 Å². The molecule has 1 aliphatic rings. The first-order chi connectivity index (χ1) is 11.9. The van der Waals surface area contributed by atoms with Gasteiger partial charge in [0, 0.05) is 24.7 Å². The number of hydrogen-bond acceptors (Lipinski definition) is 5. The molecule has 1 aromatic carbocycles. The molecule has 1 aliphatic heterocycles. The summed E-state index contributed by atoms with van der Waals surface area (Å²) < 4.78 is 6.64. The van der Waals surface area contributed by atoms with E-state index in [0.717, 1.165) is 4.90 Å². The maximum Gasteiger partial charge on any atom is 0.343 e. The fourth-order valence-electron chi connectivity index (χ4n) is 3.08. The van der Waals surface area contributed by atoms with Crippen molar-refractivity contribution in [3.63, 3.8) is 0 Å². The molecule has 0 N–H and O–H groups in total. The van der Waals surface area contributed by atoms with Crippen molar-refractivity contribution in [3.8, 4) is 0 Å². The number of aromatic nitrogens is 1. The van der Waals surface area contributed by atoms with Gasteiger partial charge in [-0.3, -0.25) is 19.3 Å². The lowest BCUT2D eigenvalue weighted by molar-refractivity contribution is 0.0523. The third-order valence-electron chi connectivity index (χ3n) is 4.32. The van der Waals surface area contributed by atoms with Crippen LogP contribution in [0.25, 0.3) is 10.9 Å². The van der Waals surface area contributed by atoms with Crippen molar-refractivity contribution in [2.75, 3.05) is 13.2 Å². The zero-order valence-electron chi connectivity index (χ0n) is 14.3. The van der Waals surface area contributed by atoms with Crippen molar-refractivity contribution in [2.45, 2.75) is 27.3 Å². The second-order valence-electron chi connectivity index (χ2n) is 5.65. The zero-order valence-corrected chi connectivity index (χ0v) is 14.3. The number of carbonyl (C=O) groups is 3. The summed E-state index contributed by atoms with van der Waals surface area (Å²) in [7, 11) is 0. The van der Waals surface area contributed by atoms with Crippen LogP contribution in [-0.2, 0) is 11.3 Å². The molecular formula is C18H18N2O5. The van der Waals surface area contributed by atoms with Crippen LogP contribution in [0, 0.1) is 0 Å². The van der Waals surface area contributed by atoms with E-state index in [0.29, 0.717) is 12.1 Å². The Kier molecular flexibility index (Phi) is 4.16. The highest BCUT2D eigenvalue weighted by Crippen LogP contribution is 2.27. The molecule has 0 unspecified atom stereocenters. The minimum Gasteiger partial charge on any atom is -0.462 e. The van der Waals surface area contributed by atoms with Crippen LogP contribution >= 0.6 is 0 Å². The van der Waals surface area contributed by atoms with Crippen LogP contribution in [0.5, 0.6) is 0 Å². The number of benzene rings is 1. The largest absolute Gasteiger partial charge is 0.462 e. The number of hydrogen-bond donors (Lipinski definition) is 0. The average Bonchev–Trinajstić information content (AvgIpc) is 2.84. The lowest BCUT2D eigenvalue weighted by Gasteiger charge is -2.12. The summed E-state index contributed by atoms with van der Waals surface area (Å²) in [5.74, 6) is -1.49. The number of amides is 2. The Labute approximate surface area is 143 Å². The SMILES string of the molecule is CCOC(=O)c1cn(CC)c2cc3c(cc2c1=O)C(=O)N(CC)C3=O. The Morgan fingerprint density at radius 3 is 2.20 bits per heavy atom. The van der Waals surface area contributed by atoms with Crippen molar-refractivity contribution in [3.05, 3.63) is 45.2 Å². The molecule has 0 saturated heterocycles. The Bertz CT molecular complexity index is 974. The molecule has 2 aromatic rings. The molecule has 0 fully saturated rings. The van der Waals surface area contributed by atoms with Crippen molar-refractivity contribution >= 4 is 28.7 Å². The predicted octanol–water partition coefficient (Wildman–Crippen LogP) is 1.81. The second kappa shape index (κ2) is 6.16. The molecule has 2 amide bonds. The summed E-state index contributed by atoms with van der Waals surface area (Å²) in [6, 6.07) is 2.97. The highest BCUT2D eigenvalue weighted by atomic mass is 16.5. The number of esters is 1. The Hall–Kier alpha value is -2.96. The highest BCUT2D eigenvalue weighted by Gasteiger charge is 2.35. The smallest absolute Gasteiger partial charge is 0.343 e. The van der Waals surface area contributed by atoms with Crippen LogP contribution in [0.1, 0.15) is 51.8 Å². The van der Waals surface area contributed by atoms with Gasteiger partial charge in [-0.25, -0.2) is 4.79 Å². The number of rotatable bonds is 4. The van der Waals surface area contributed by atoms with Crippen LogP contribution in [-0.4, -0.2) is 40.4 Å². The molecule has 0 radical (unpaired) electrons. The fourth-order valence-corrected chi connectivity index (χ4v) is 3.08. The van der Waals surface area contributed by atoms with Gasteiger partial charge in [-0.15, -0.1) is 0 Å². The first kappa shape index (κ1) is 16.9. The minimum atomic E-state index is -0.699. The quantitative estimate of drug-likeness (QED) is 0.625. The maximum atomic E-state index is 12.7. The Morgan fingerprint density at radius 2 is 1.64 bits per heavy atom. The lowest BCUT2D eigenvalue weighted by atomic mass is 10.0. The van der Waals surface area contributed by atoms with E-state index in [-0.39, 0.29) is 41.1 Å². The number of imide groups is 1. The third-order valence-corrected chi connectivity index (χ3v) is 4.32. The van der Waals surface area contributed by atoms with E-state index < -0.39 is 17.3 Å². The van der Waals surface area contributed by atoms with Crippen molar-refractivity contribution in [2.24, 2.45) is 0 Å². The topological polar surface area (TPSA) is 85.7 Å². The average molecular weight is 342 g/mol. The van der Waals surface area contributed by atoms with Gasteiger partial charge in [-0.2, -0.15) is 0 Å². The summed E-state index contributed by atoms with van der Waals surface area (Å²) >= 11 is 0. The molecule has 0 spiro atoms. The molecule has 130 valence electrons. The fraction of sp³-hybridized carbons (Fsp3) is 0.333. The van der Waals surface area contributed by atoms with E-state index in [2.05, 4.69) is 0 Å². The molecule has 3 rings (SSSR count). The van der Waals surface area contributed by atoms with Gasteiger partial charge in [0.1, 0.15) is 5.56 Å². The molecule has 0 atom stereocenters.